The lowest BCUT2D eigenvalue weighted by atomic mass is 10.4. The molecule has 2 unspecified atom stereocenters. The van der Waals surface area contributed by atoms with Gasteiger partial charge in [0.05, 0.1) is 0 Å². The fraction of sp³-hybridized carbons (Fsp3) is 0.833. The molecule has 4 nitrogen and oxygen atoms in total. The first kappa shape index (κ1) is 10.7. The molecule has 0 saturated heterocycles. The number of hydrogen-bond donors (Lipinski definition) is 2. The van der Waals surface area contributed by atoms with E-state index in [1.54, 1.807) is 6.92 Å². The molecule has 0 bridgehead atoms. The van der Waals surface area contributed by atoms with Crippen molar-refractivity contribution >= 4 is 18.6 Å². The van der Waals surface area contributed by atoms with E-state index in [0.29, 0.717) is 0 Å². The molecule has 0 radical (unpaired) electrons. The molecule has 0 spiro atoms. The Morgan fingerprint density at radius 2 is 2.27 bits per heavy atom. The summed E-state index contributed by atoms with van der Waals surface area (Å²) in [5.41, 5.74) is 5.31. The molecule has 0 aromatic heterocycles. The number of thiol groups is 1. The minimum atomic E-state index is -0.670. The van der Waals surface area contributed by atoms with Crippen LogP contribution in [0.2, 0.25) is 0 Å². The quantitative estimate of drug-likeness (QED) is 0.356. The highest BCUT2D eigenvalue weighted by Crippen LogP contribution is 1.95. The maximum absolute atomic E-state index is 10.9. The van der Waals surface area contributed by atoms with Crippen molar-refractivity contribution in [3.8, 4) is 0 Å². The van der Waals surface area contributed by atoms with Crippen LogP contribution in [0.3, 0.4) is 0 Å². The molecule has 0 fully saturated rings. The second kappa shape index (κ2) is 5.40. The molecule has 0 heterocycles. The molecule has 0 amide bonds. The molecule has 0 aliphatic heterocycles. The molecule has 0 aromatic carbocycles. The van der Waals surface area contributed by atoms with Crippen molar-refractivity contribution in [2.75, 3.05) is 12.9 Å². The maximum Gasteiger partial charge on any atom is 0.326 e. The zero-order valence-corrected chi connectivity index (χ0v) is 7.51. The summed E-state index contributed by atoms with van der Waals surface area (Å²) in [7, 11) is 1.45. The number of carbonyl (C=O) groups excluding carboxylic acids is 1. The third kappa shape index (κ3) is 4.23. The summed E-state index contributed by atoms with van der Waals surface area (Å²) in [4.78, 5) is 10.9. The van der Waals surface area contributed by atoms with Gasteiger partial charge in [-0.1, -0.05) is 0 Å². The number of esters is 1. The standard InChI is InChI=1S/C6H13NO3S/c1-4(9-2)10-6(8)5(7)3-11/h4-5,11H,3,7H2,1-2H3. The molecule has 66 valence electrons. The zero-order chi connectivity index (χ0) is 8.85. The fourth-order valence-corrected chi connectivity index (χ4v) is 0.523. The van der Waals surface area contributed by atoms with Crippen molar-refractivity contribution in [2.24, 2.45) is 5.73 Å². The van der Waals surface area contributed by atoms with E-state index in [1.807, 2.05) is 0 Å². The Hall–Kier alpha value is -0.260. The van der Waals surface area contributed by atoms with Gasteiger partial charge >= 0.3 is 5.97 Å². The van der Waals surface area contributed by atoms with Crippen LogP contribution in [-0.2, 0) is 14.3 Å². The van der Waals surface area contributed by atoms with Crippen LogP contribution in [0.25, 0.3) is 0 Å². The minimum Gasteiger partial charge on any atom is -0.435 e. The first-order valence-electron chi connectivity index (χ1n) is 3.21. The van der Waals surface area contributed by atoms with Crippen LogP contribution in [0, 0.1) is 0 Å². The van der Waals surface area contributed by atoms with Gasteiger partial charge in [-0.3, -0.25) is 4.79 Å². The number of rotatable bonds is 4. The van der Waals surface area contributed by atoms with Crippen LogP contribution in [0.1, 0.15) is 6.92 Å². The Morgan fingerprint density at radius 1 is 1.73 bits per heavy atom. The number of carbonyl (C=O) groups is 1. The first-order valence-corrected chi connectivity index (χ1v) is 3.84. The highest BCUT2D eigenvalue weighted by molar-refractivity contribution is 7.80. The fourth-order valence-electron chi connectivity index (χ4n) is 0.374. The molecule has 5 heteroatoms. The third-order valence-corrected chi connectivity index (χ3v) is 1.51. The maximum atomic E-state index is 10.9. The molecule has 11 heavy (non-hydrogen) atoms. The lowest BCUT2D eigenvalue weighted by Crippen LogP contribution is -2.36. The van der Waals surface area contributed by atoms with Crippen LogP contribution < -0.4 is 5.73 Å². The average Bonchev–Trinajstić information content (AvgIpc) is 2.02. The van der Waals surface area contributed by atoms with E-state index >= 15 is 0 Å². The highest BCUT2D eigenvalue weighted by Gasteiger charge is 2.15. The molecule has 0 rings (SSSR count). The summed E-state index contributed by atoms with van der Waals surface area (Å²) in [5, 5.41) is 0. The third-order valence-electron chi connectivity index (χ3n) is 1.11. The number of ether oxygens (including phenoxy) is 2. The largest absolute Gasteiger partial charge is 0.435 e. The molecule has 0 aliphatic rings. The molecule has 0 aliphatic carbocycles. The van der Waals surface area contributed by atoms with Gasteiger partial charge in [-0.2, -0.15) is 12.6 Å². The normalized spacial score (nSPS) is 15.6. The molecule has 2 atom stereocenters. The van der Waals surface area contributed by atoms with Gasteiger partial charge in [0.2, 0.25) is 0 Å². The van der Waals surface area contributed by atoms with E-state index in [1.165, 1.54) is 7.11 Å². The van der Waals surface area contributed by atoms with Gasteiger partial charge in [0.25, 0.3) is 0 Å². The molecule has 0 aromatic rings. The molecular formula is C6H13NO3S. The Bertz CT molecular complexity index is 131. The van der Waals surface area contributed by atoms with Gasteiger partial charge in [-0.25, -0.2) is 0 Å². The van der Waals surface area contributed by atoms with Crippen molar-refractivity contribution in [2.45, 2.75) is 19.3 Å². The van der Waals surface area contributed by atoms with Crippen LogP contribution in [-0.4, -0.2) is 31.2 Å². The number of methoxy groups -OCH3 is 1. The van der Waals surface area contributed by atoms with Crippen LogP contribution in [0.5, 0.6) is 0 Å². The Morgan fingerprint density at radius 3 is 2.64 bits per heavy atom. The van der Waals surface area contributed by atoms with E-state index in [4.69, 9.17) is 15.2 Å². The Balaban J connectivity index is 3.68. The predicted molar refractivity (Wildman–Crippen MR) is 44.4 cm³/mol. The van der Waals surface area contributed by atoms with Gasteiger partial charge in [-0.15, -0.1) is 0 Å². The lowest BCUT2D eigenvalue weighted by molar-refractivity contribution is -0.170. The van der Waals surface area contributed by atoms with Gasteiger partial charge < -0.3 is 15.2 Å². The zero-order valence-electron chi connectivity index (χ0n) is 6.61. The van der Waals surface area contributed by atoms with E-state index in [9.17, 15) is 4.79 Å². The number of nitrogens with two attached hydrogens (primary N) is 1. The molecular weight excluding hydrogens is 166 g/mol. The van der Waals surface area contributed by atoms with Crippen LogP contribution in [0.15, 0.2) is 0 Å². The van der Waals surface area contributed by atoms with Crippen molar-refractivity contribution in [3.05, 3.63) is 0 Å². The van der Waals surface area contributed by atoms with Crippen LogP contribution >= 0.6 is 12.6 Å². The summed E-state index contributed by atoms with van der Waals surface area (Å²) >= 11 is 3.84. The Labute approximate surface area is 71.4 Å². The van der Waals surface area contributed by atoms with Gasteiger partial charge in [0, 0.05) is 12.9 Å². The summed E-state index contributed by atoms with van der Waals surface area (Å²) in [6, 6.07) is -0.670. The lowest BCUT2D eigenvalue weighted by Gasteiger charge is -2.13. The monoisotopic (exact) mass is 179 g/mol. The smallest absolute Gasteiger partial charge is 0.326 e. The van der Waals surface area contributed by atoms with E-state index < -0.39 is 18.3 Å². The Kier molecular flexibility index (Phi) is 5.27. The van der Waals surface area contributed by atoms with E-state index in [2.05, 4.69) is 12.6 Å². The van der Waals surface area contributed by atoms with E-state index in [-0.39, 0.29) is 5.75 Å². The SMILES string of the molecule is COC(C)OC(=O)C(N)CS. The van der Waals surface area contributed by atoms with Crippen molar-refractivity contribution < 1.29 is 14.3 Å². The topological polar surface area (TPSA) is 61.5 Å². The highest BCUT2D eigenvalue weighted by atomic mass is 32.1. The second-order valence-corrected chi connectivity index (χ2v) is 2.39. The van der Waals surface area contributed by atoms with Crippen LogP contribution in [0.4, 0.5) is 0 Å². The van der Waals surface area contributed by atoms with Gasteiger partial charge in [0.15, 0.2) is 6.29 Å². The summed E-state index contributed by atoms with van der Waals surface area (Å²) in [5.74, 6) is -0.218. The summed E-state index contributed by atoms with van der Waals surface area (Å²) < 4.78 is 9.41. The van der Waals surface area contributed by atoms with Crippen molar-refractivity contribution in [1.82, 2.24) is 0 Å². The summed E-state index contributed by atoms with van der Waals surface area (Å²) in [6.45, 7) is 1.61. The number of hydrogen-bond acceptors (Lipinski definition) is 5. The average molecular weight is 179 g/mol. The second-order valence-electron chi connectivity index (χ2n) is 2.03. The van der Waals surface area contributed by atoms with Crippen molar-refractivity contribution in [1.29, 1.82) is 0 Å². The molecule has 2 N–H and O–H groups in total. The minimum absolute atomic E-state index is 0.273. The molecule has 0 saturated carbocycles. The van der Waals surface area contributed by atoms with Gasteiger partial charge in [0.1, 0.15) is 6.04 Å². The first-order chi connectivity index (χ1) is 5.11. The van der Waals surface area contributed by atoms with E-state index in [0.717, 1.165) is 0 Å². The van der Waals surface area contributed by atoms with Crippen molar-refractivity contribution in [3.63, 3.8) is 0 Å². The van der Waals surface area contributed by atoms with Gasteiger partial charge in [-0.05, 0) is 6.92 Å². The summed E-state index contributed by atoms with van der Waals surface area (Å²) in [6.07, 6.45) is -0.548. The predicted octanol–water partition coefficient (Wildman–Crippen LogP) is -0.221.